The quantitative estimate of drug-likeness (QED) is 0.526. The van der Waals surface area contributed by atoms with Crippen molar-refractivity contribution in [2.45, 2.75) is 33.1 Å². The summed E-state index contributed by atoms with van der Waals surface area (Å²) in [5.41, 5.74) is 1.02. The Kier molecular flexibility index (Phi) is 2.44. The van der Waals surface area contributed by atoms with Crippen molar-refractivity contribution in [1.29, 1.82) is 0 Å². The summed E-state index contributed by atoms with van der Waals surface area (Å²) in [5, 5.41) is 11.8. The molecule has 1 unspecified atom stereocenters. The molecular formula is C11H18N2O2. The summed E-state index contributed by atoms with van der Waals surface area (Å²) in [7, 11) is 0. The molecule has 2 fully saturated rings. The van der Waals surface area contributed by atoms with Crippen LogP contribution in [-0.2, 0) is 4.79 Å². The summed E-state index contributed by atoms with van der Waals surface area (Å²) in [5.74, 6) is 0.516. The number of piperidine rings is 1. The number of hydrogen-bond donors (Lipinski definition) is 1. The first-order chi connectivity index (χ1) is 7.04. The van der Waals surface area contributed by atoms with Gasteiger partial charge in [-0.05, 0) is 11.8 Å². The predicted molar refractivity (Wildman–Crippen MR) is 56.9 cm³/mol. The standard InChI is InChI=1S/C11H18N2O2/c1-11(2)7-9(11)10(14)13-5-3-8(12-15)4-6-13/h9,15H,3-7H2,1-2H3. The summed E-state index contributed by atoms with van der Waals surface area (Å²) >= 11 is 0. The molecule has 1 saturated carbocycles. The number of rotatable bonds is 1. The van der Waals surface area contributed by atoms with Gasteiger partial charge >= 0.3 is 0 Å². The minimum absolute atomic E-state index is 0.211. The molecule has 1 amide bonds. The second-order valence-electron chi connectivity index (χ2n) is 5.24. The number of likely N-dealkylation sites (tertiary alicyclic amines) is 1. The third-order valence-corrected chi connectivity index (χ3v) is 3.61. The molecule has 4 heteroatoms. The summed E-state index contributed by atoms with van der Waals surface area (Å²) in [4.78, 5) is 13.9. The van der Waals surface area contributed by atoms with Gasteiger partial charge in [0.25, 0.3) is 0 Å². The Morgan fingerprint density at radius 1 is 1.47 bits per heavy atom. The minimum atomic E-state index is 0.211. The summed E-state index contributed by atoms with van der Waals surface area (Å²) in [6, 6.07) is 0. The van der Waals surface area contributed by atoms with Crippen molar-refractivity contribution in [3.05, 3.63) is 0 Å². The molecule has 0 aromatic heterocycles. The van der Waals surface area contributed by atoms with E-state index in [0.29, 0.717) is 13.1 Å². The number of hydrogen-bond acceptors (Lipinski definition) is 3. The van der Waals surface area contributed by atoms with Crippen molar-refractivity contribution in [3.8, 4) is 0 Å². The molecule has 1 N–H and O–H groups in total. The first-order valence-corrected chi connectivity index (χ1v) is 5.53. The van der Waals surface area contributed by atoms with Crippen LogP contribution < -0.4 is 0 Å². The SMILES string of the molecule is CC1(C)CC1C(=O)N1CCC(=NO)CC1. The lowest BCUT2D eigenvalue weighted by atomic mass is 10.1. The van der Waals surface area contributed by atoms with E-state index in [4.69, 9.17) is 5.21 Å². The average molecular weight is 210 g/mol. The molecular weight excluding hydrogens is 192 g/mol. The maximum atomic E-state index is 12.0. The van der Waals surface area contributed by atoms with E-state index in [2.05, 4.69) is 19.0 Å². The van der Waals surface area contributed by atoms with Gasteiger partial charge in [-0.25, -0.2) is 0 Å². The largest absolute Gasteiger partial charge is 0.411 e. The van der Waals surface area contributed by atoms with Crippen LogP contribution >= 0.6 is 0 Å². The predicted octanol–water partition coefficient (Wildman–Crippen LogP) is 1.49. The molecule has 2 aliphatic rings. The molecule has 15 heavy (non-hydrogen) atoms. The smallest absolute Gasteiger partial charge is 0.226 e. The van der Waals surface area contributed by atoms with Crippen LogP contribution in [0.3, 0.4) is 0 Å². The van der Waals surface area contributed by atoms with Gasteiger partial charge in [0, 0.05) is 31.8 Å². The third-order valence-electron chi connectivity index (χ3n) is 3.61. The molecule has 4 nitrogen and oxygen atoms in total. The number of nitrogens with zero attached hydrogens (tertiary/aromatic N) is 2. The first-order valence-electron chi connectivity index (χ1n) is 5.53. The molecule has 0 aromatic carbocycles. The Labute approximate surface area is 89.9 Å². The Morgan fingerprint density at radius 2 is 2.00 bits per heavy atom. The fourth-order valence-electron chi connectivity index (χ4n) is 2.19. The zero-order chi connectivity index (χ0) is 11.1. The Morgan fingerprint density at radius 3 is 2.40 bits per heavy atom. The van der Waals surface area contributed by atoms with Gasteiger partial charge < -0.3 is 10.1 Å². The van der Waals surface area contributed by atoms with Crippen LogP contribution in [0.5, 0.6) is 0 Å². The Balaban J connectivity index is 1.89. The van der Waals surface area contributed by atoms with E-state index in [-0.39, 0.29) is 17.2 Å². The molecule has 0 spiro atoms. The van der Waals surface area contributed by atoms with Crippen molar-refractivity contribution >= 4 is 11.6 Å². The van der Waals surface area contributed by atoms with Crippen molar-refractivity contribution in [1.82, 2.24) is 4.90 Å². The average Bonchev–Trinajstić information content (AvgIpc) is 2.87. The molecule has 1 atom stereocenters. The summed E-state index contributed by atoms with van der Waals surface area (Å²) in [6.45, 7) is 5.70. The van der Waals surface area contributed by atoms with E-state index in [1.54, 1.807) is 0 Å². The highest BCUT2D eigenvalue weighted by molar-refractivity contribution is 5.88. The van der Waals surface area contributed by atoms with E-state index < -0.39 is 0 Å². The maximum Gasteiger partial charge on any atom is 0.226 e. The number of carbonyl (C=O) groups is 1. The zero-order valence-corrected chi connectivity index (χ0v) is 9.36. The molecule has 2 rings (SSSR count). The Hall–Kier alpha value is -1.06. The third kappa shape index (κ3) is 1.98. The van der Waals surface area contributed by atoms with Gasteiger partial charge in [-0.1, -0.05) is 19.0 Å². The van der Waals surface area contributed by atoms with Crippen molar-refractivity contribution < 1.29 is 10.0 Å². The summed E-state index contributed by atoms with van der Waals surface area (Å²) < 4.78 is 0. The lowest BCUT2D eigenvalue weighted by Gasteiger charge is -2.27. The lowest BCUT2D eigenvalue weighted by molar-refractivity contribution is -0.133. The topological polar surface area (TPSA) is 52.9 Å². The van der Waals surface area contributed by atoms with Crippen molar-refractivity contribution in [2.75, 3.05) is 13.1 Å². The second kappa shape index (κ2) is 3.51. The van der Waals surface area contributed by atoms with Crippen molar-refractivity contribution in [3.63, 3.8) is 0 Å². The molecule has 1 heterocycles. The van der Waals surface area contributed by atoms with Crippen LogP contribution in [-0.4, -0.2) is 34.8 Å². The Bertz CT molecular complexity index is 300. The van der Waals surface area contributed by atoms with Crippen LogP contribution in [0.2, 0.25) is 0 Å². The van der Waals surface area contributed by atoms with Crippen LogP contribution in [0.1, 0.15) is 33.1 Å². The number of oxime groups is 1. The van der Waals surface area contributed by atoms with Gasteiger partial charge in [-0.3, -0.25) is 4.79 Å². The van der Waals surface area contributed by atoms with Gasteiger partial charge in [-0.15, -0.1) is 0 Å². The van der Waals surface area contributed by atoms with Crippen LogP contribution in [0.15, 0.2) is 5.16 Å². The highest BCUT2D eigenvalue weighted by Gasteiger charge is 2.52. The molecule has 1 aliphatic heterocycles. The van der Waals surface area contributed by atoms with E-state index in [0.717, 1.165) is 25.0 Å². The van der Waals surface area contributed by atoms with E-state index >= 15 is 0 Å². The fraction of sp³-hybridized carbons (Fsp3) is 0.818. The monoisotopic (exact) mass is 210 g/mol. The van der Waals surface area contributed by atoms with Crippen LogP contribution in [0.25, 0.3) is 0 Å². The molecule has 1 aliphatic carbocycles. The van der Waals surface area contributed by atoms with E-state index in [1.807, 2.05) is 4.90 Å². The molecule has 0 bridgehead atoms. The van der Waals surface area contributed by atoms with Gasteiger partial charge in [0.2, 0.25) is 5.91 Å². The van der Waals surface area contributed by atoms with Crippen molar-refractivity contribution in [2.24, 2.45) is 16.5 Å². The highest BCUT2D eigenvalue weighted by atomic mass is 16.4. The zero-order valence-electron chi connectivity index (χ0n) is 9.36. The molecule has 0 radical (unpaired) electrons. The maximum absolute atomic E-state index is 12.0. The number of carbonyl (C=O) groups excluding carboxylic acids is 1. The molecule has 1 saturated heterocycles. The first kappa shape index (κ1) is 10.5. The van der Waals surface area contributed by atoms with Gasteiger partial charge in [-0.2, -0.15) is 0 Å². The van der Waals surface area contributed by atoms with Gasteiger partial charge in [0.05, 0.1) is 5.71 Å². The second-order valence-corrected chi connectivity index (χ2v) is 5.24. The summed E-state index contributed by atoms with van der Waals surface area (Å²) in [6.07, 6.45) is 2.45. The lowest BCUT2D eigenvalue weighted by Crippen LogP contribution is -2.40. The van der Waals surface area contributed by atoms with Gasteiger partial charge in [0.15, 0.2) is 0 Å². The molecule has 0 aromatic rings. The van der Waals surface area contributed by atoms with Crippen LogP contribution in [0, 0.1) is 11.3 Å². The number of amides is 1. The fourth-order valence-corrected chi connectivity index (χ4v) is 2.19. The minimum Gasteiger partial charge on any atom is -0.411 e. The molecule has 84 valence electrons. The highest BCUT2D eigenvalue weighted by Crippen LogP contribution is 2.52. The van der Waals surface area contributed by atoms with Gasteiger partial charge in [0.1, 0.15) is 0 Å². The van der Waals surface area contributed by atoms with E-state index in [1.165, 1.54) is 0 Å². The van der Waals surface area contributed by atoms with E-state index in [9.17, 15) is 4.79 Å². The van der Waals surface area contributed by atoms with Crippen LogP contribution in [0.4, 0.5) is 0 Å². The normalized spacial score (nSPS) is 28.8.